The SMILES string of the molecule is COc1ccc(C(N)=O)c(I)c1I. The van der Waals surface area contributed by atoms with Crippen LogP contribution >= 0.6 is 45.2 Å². The van der Waals surface area contributed by atoms with Crippen LogP contribution in [0.2, 0.25) is 0 Å². The molecule has 1 amide bonds. The molecule has 0 aromatic heterocycles. The van der Waals surface area contributed by atoms with Gasteiger partial charge >= 0.3 is 0 Å². The smallest absolute Gasteiger partial charge is 0.249 e. The van der Waals surface area contributed by atoms with E-state index < -0.39 is 5.91 Å². The summed E-state index contributed by atoms with van der Waals surface area (Å²) in [6, 6.07) is 3.41. The summed E-state index contributed by atoms with van der Waals surface area (Å²) in [5.74, 6) is 0.347. The van der Waals surface area contributed by atoms with E-state index in [9.17, 15) is 4.79 Å². The summed E-state index contributed by atoms with van der Waals surface area (Å²) in [5.41, 5.74) is 5.72. The number of hydrogen-bond donors (Lipinski definition) is 1. The molecule has 0 saturated heterocycles. The van der Waals surface area contributed by atoms with E-state index >= 15 is 0 Å². The predicted molar refractivity (Wildman–Crippen MR) is 66.9 cm³/mol. The maximum absolute atomic E-state index is 10.9. The van der Waals surface area contributed by atoms with Crippen molar-refractivity contribution in [3.63, 3.8) is 0 Å². The quantitative estimate of drug-likeness (QED) is 0.769. The van der Waals surface area contributed by atoms with Crippen molar-refractivity contribution in [2.45, 2.75) is 0 Å². The van der Waals surface area contributed by atoms with Gasteiger partial charge in [-0.25, -0.2) is 0 Å². The van der Waals surface area contributed by atoms with Crippen LogP contribution in [0, 0.1) is 7.14 Å². The second kappa shape index (κ2) is 4.45. The summed E-state index contributed by atoms with van der Waals surface area (Å²) in [6.45, 7) is 0. The fourth-order valence-electron chi connectivity index (χ4n) is 0.880. The number of halogens is 2. The summed E-state index contributed by atoms with van der Waals surface area (Å²) in [6.07, 6.45) is 0. The van der Waals surface area contributed by atoms with E-state index in [0.717, 1.165) is 12.9 Å². The van der Waals surface area contributed by atoms with E-state index in [1.165, 1.54) is 0 Å². The van der Waals surface area contributed by atoms with Gasteiger partial charge in [0.15, 0.2) is 0 Å². The Morgan fingerprint density at radius 1 is 1.38 bits per heavy atom. The van der Waals surface area contributed by atoms with Crippen molar-refractivity contribution < 1.29 is 9.53 Å². The Bertz CT molecular complexity index is 352. The Morgan fingerprint density at radius 2 is 2.00 bits per heavy atom. The van der Waals surface area contributed by atoms with E-state index in [1.54, 1.807) is 19.2 Å². The van der Waals surface area contributed by atoms with Gasteiger partial charge in [0.2, 0.25) is 5.91 Å². The number of nitrogens with two attached hydrogens (primary N) is 1. The summed E-state index contributed by atoms with van der Waals surface area (Å²) in [7, 11) is 1.59. The summed E-state index contributed by atoms with van der Waals surface area (Å²) < 4.78 is 6.85. The zero-order chi connectivity index (χ0) is 10.0. The zero-order valence-corrected chi connectivity index (χ0v) is 11.1. The molecule has 1 aromatic rings. The molecule has 0 aliphatic rings. The minimum atomic E-state index is -0.412. The molecular formula is C8H7I2NO2. The number of carbonyl (C=O) groups excluding carboxylic acids is 1. The second-order valence-corrected chi connectivity index (χ2v) is 4.47. The van der Waals surface area contributed by atoms with Gasteiger partial charge in [0.1, 0.15) is 5.75 Å². The van der Waals surface area contributed by atoms with Crippen molar-refractivity contribution in [2.24, 2.45) is 5.73 Å². The average Bonchev–Trinajstić information content (AvgIpc) is 2.09. The van der Waals surface area contributed by atoms with Gasteiger partial charge in [-0.1, -0.05) is 0 Å². The molecule has 0 radical (unpaired) electrons. The van der Waals surface area contributed by atoms with Crippen LogP contribution in [0.5, 0.6) is 5.75 Å². The van der Waals surface area contributed by atoms with Crippen molar-refractivity contribution in [1.82, 2.24) is 0 Å². The first-order valence-electron chi connectivity index (χ1n) is 3.39. The number of hydrogen-bond acceptors (Lipinski definition) is 2. The maximum Gasteiger partial charge on any atom is 0.249 e. The predicted octanol–water partition coefficient (Wildman–Crippen LogP) is 2.00. The van der Waals surface area contributed by atoms with Gasteiger partial charge in [-0.3, -0.25) is 4.79 Å². The van der Waals surface area contributed by atoms with Crippen molar-refractivity contribution in [1.29, 1.82) is 0 Å². The Balaban J connectivity index is 3.31. The van der Waals surface area contributed by atoms with Crippen LogP contribution in [-0.4, -0.2) is 13.0 Å². The number of carbonyl (C=O) groups is 1. The van der Waals surface area contributed by atoms with Crippen LogP contribution < -0.4 is 10.5 Å². The van der Waals surface area contributed by atoms with Crippen LogP contribution in [-0.2, 0) is 0 Å². The van der Waals surface area contributed by atoms with Gasteiger partial charge in [0.05, 0.1) is 16.2 Å². The standard InChI is InChI=1S/C8H7I2NO2/c1-13-5-3-2-4(8(11)12)6(9)7(5)10/h2-3H,1H3,(H2,11,12). The number of primary amides is 1. The van der Waals surface area contributed by atoms with Gasteiger partial charge < -0.3 is 10.5 Å². The lowest BCUT2D eigenvalue weighted by atomic mass is 10.2. The molecule has 0 unspecified atom stereocenters. The van der Waals surface area contributed by atoms with E-state index in [1.807, 2.05) is 0 Å². The molecule has 0 atom stereocenters. The van der Waals surface area contributed by atoms with E-state index in [-0.39, 0.29) is 0 Å². The van der Waals surface area contributed by atoms with Gasteiger partial charge in [-0.2, -0.15) is 0 Å². The van der Waals surface area contributed by atoms with E-state index in [0.29, 0.717) is 5.56 Å². The molecule has 0 spiro atoms. The van der Waals surface area contributed by atoms with Gasteiger partial charge in [-0.05, 0) is 57.3 Å². The van der Waals surface area contributed by atoms with Crippen molar-refractivity contribution in [3.05, 3.63) is 24.8 Å². The first kappa shape index (κ1) is 11.0. The fourth-order valence-corrected chi connectivity index (χ4v) is 2.28. The lowest BCUT2D eigenvalue weighted by molar-refractivity contribution is 0.0999. The highest BCUT2D eigenvalue weighted by molar-refractivity contribution is 14.1. The van der Waals surface area contributed by atoms with Crippen molar-refractivity contribution in [2.75, 3.05) is 7.11 Å². The summed E-state index contributed by atoms with van der Waals surface area (Å²) >= 11 is 4.20. The Morgan fingerprint density at radius 3 is 2.46 bits per heavy atom. The van der Waals surface area contributed by atoms with Crippen LogP contribution in [0.3, 0.4) is 0 Å². The van der Waals surface area contributed by atoms with Crippen molar-refractivity contribution >= 4 is 51.1 Å². The van der Waals surface area contributed by atoms with E-state index in [4.69, 9.17) is 10.5 Å². The third kappa shape index (κ3) is 2.25. The fraction of sp³-hybridized carbons (Fsp3) is 0.125. The van der Waals surface area contributed by atoms with Crippen molar-refractivity contribution in [3.8, 4) is 5.75 Å². The molecule has 0 fully saturated rings. The molecule has 3 nitrogen and oxygen atoms in total. The third-order valence-corrected chi connectivity index (χ3v) is 4.76. The van der Waals surface area contributed by atoms with E-state index in [2.05, 4.69) is 45.2 Å². The largest absolute Gasteiger partial charge is 0.496 e. The van der Waals surface area contributed by atoms with Gasteiger partial charge in [0, 0.05) is 3.57 Å². The minimum Gasteiger partial charge on any atom is -0.496 e. The topological polar surface area (TPSA) is 52.3 Å². The third-order valence-electron chi connectivity index (χ3n) is 1.53. The Kier molecular flexibility index (Phi) is 3.77. The number of rotatable bonds is 2. The van der Waals surface area contributed by atoms with Crippen LogP contribution in [0.25, 0.3) is 0 Å². The molecule has 2 N–H and O–H groups in total. The molecule has 0 heterocycles. The highest BCUT2D eigenvalue weighted by Crippen LogP contribution is 2.28. The number of methoxy groups -OCH3 is 1. The highest BCUT2D eigenvalue weighted by Gasteiger charge is 2.12. The first-order valence-corrected chi connectivity index (χ1v) is 5.55. The Hall–Kier alpha value is -0.0500. The molecule has 0 aliphatic heterocycles. The van der Waals surface area contributed by atoms with Gasteiger partial charge in [0.25, 0.3) is 0 Å². The van der Waals surface area contributed by atoms with Crippen LogP contribution in [0.15, 0.2) is 12.1 Å². The minimum absolute atomic E-state index is 0.412. The molecule has 1 aromatic carbocycles. The molecule has 0 saturated carbocycles. The Labute approximate surface area is 103 Å². The van der Waals surface area contributed by atoms with Crippen LogP contribution in [0.1, 0.15) is 10.4 Å². The number of amides is 1. The lowest BCUT2D eigenvalue weighted by Crippen LogP contribution is -2.13. The zero-order valence-electron chi connectivity index (χ0n) is 6.80. The van der Waals surface area contributed by atoms with Crippen LogP contribution in [0.4, 0.5) is 0 Å². The average molecular weight is 403 g/mol. The molecule has 0 aliphatic carbocycles. The first-order chi connectivity index (χ1) is 6.07. The lowest BCUT2D eigenvalue weighted by Gasteiger charge is -2.07. The van der Waals surface area contributed by atoms with Gasteiger partial charge in [-0.15, -0.1) is 0 Å². The second-order valence-electron chi connectivity index (χ2n) is 2.31. The molecule has 5 heteroatoms. The summed E-state index contributed by atoms with van der Waals surface area (Å²) in [5, 5.41) is 0. The highest BCUT2D eigenvalue weighted by atomic mass is 127. The summed E-state index contributed by atoms with van der Waals surface area (Å²) in [4.78, 5) is 10.9. The molecule has 70 valence electrons. The maximum atomic E-state index is 10.9. The monoisotopic (exact) mass is 403 g/mol. The molecule has 13 heavy (non-hydrogen) atoms. The number of benzene rings is 1. The molecule has 0 bridgehead atoms. The number of ether oxygens (including phenoxy) is 1. The molecular weight excluding hydrogens is 396 g/mol. The normalized spacial score (nSPS) is 9.77. The molecule has 1 rings (SSSR count).